The number of aryl methyl sites for hydroxylation is 1. The van der Waals surface area contributed by atoms with E-state index >= 15 is 0 Å². The van der Waals surface area contributed by atoms with Crippen molar-refractivity contribution in [2.24, 2.45) is 11.1 Å². The lowest BCUT2D eigenvalue weighted by atomic mass is 9.85. The van der Waals surface area contributed by atoms with E-state index in [2.05, 4.69) is 44.3 Å². The van der Waals surface area contributed by atoms with Gasteiger partial charge in [0.1, 0.15) is 0 Å². The number of carbonyl (C=O) groups is 1. The molecule has 0 saturated carbocycles. The van der Waals surface area contributed by atoms with Crippen LogP contribution >= 0.6 is 0 Å². The smallest absolute Gasteiger partial charge is 0.222 e. The largest absolute Gasteiger partial charge is 0.349 e. The van der Waals surface area contributed by atoms with Gasteiger partial charge < -0.3 is 11.1 Å². The Kier molecular flexibility index (Phi) is 3.95. The van der Waals surface area contributed by atoms with Gasteiger partial charge in [0.15, 0.2) is 0 Å². The Morgan fingerprint density at radius 1 is 1.42 bits per heavy atom. The molecule has 19 heavy (non-hydrogen) atoms. The van der Waals surface area contributed by atoms with Crippen LogP contribution in [0.4, 0.5) is 0 Å². The van der Waals surface area contributed by atoms with Crippen molar-refractivity contribution in [1.82, 2.24) is 5.32 Å². The lowest BCUT2D eigenvalue weighted by Crippen LogP contribution is -2.40. The molecule has 1 amide bonds. The van der Waals surface area contributed by atoms with Gasteiger partial charge in [-0.25, -0.2) is 0 Å². The summed E-state index contributed by atoms with van der Waals surface area (Å²) in [6.45, 7) is 6.20. The second kappa shape index (κ2) is 5.33. The quantitative estimate of drug-likeness (QED) is 0.877. The molecule has 2 unspecified atom stereocenters. The minimum absolute atomic E-state index is 0.0368. The van der Waals surface area contributed by atoms with Crippen LogP contribution in [-0.4, -0.2) is 11.9 Å². The zero-order valence-corrected chi connectivity index (χ0v) is 12.1. The number of fused-ring (bicyclic) bond motifs is 1. The molecule has 1 aliphatic carbocycles. The van der Waals surface area contributed by atoms with Crippen LogP contribution in [0.3, 0.4) is 0 Å². The minimum atomic E-state index is -0.107. The lowest BCUT2D eigenvalue weighted by Gasteiger charge is -2.27. The average Bonchev–Trinajstić information content (AvgIpc) is 2.71. The van der Waals surface area contributed by atoms with E-state index in [4.69, 9.17) is 5.73 Å². The summed E-state index contributed by atoms with van der Waals surface area (Å²) < 4.78 is 0. The van der Waals surface area contributed by atoms with E-state index in [0.29, 0.717) is 6.42 Å². The van der Waals surface area contributed by atoms with Crippen molar-refractivity contribution in [2.75, 3.05) is 0 Å². The standard InChI is InChI=1S/C16H24N2O/c1-16(2,3)14(17)10-15(19)18-13-9-8-11-6-4-5-7-12(11)13/h4-7,13-14H,8-10,17H2,1-3H3,(H,18,19). The van der Waals surface area contributed by atoms with Crippen LogP contribution in [0, 0.1) is 5.41 Å². The molecule has 104 valence electrons. The first-order valence-electron chi connectivity index (χ1n) is 7.00. The minimum Gasteiger partial charge on any atom is -0.349 e. The maximum Gasteiger partial charge on any atom is 0.222 e. The Morgan fingerprint density at radius 3 is 2.79 bits per heavy atom. The van der Waals surface area contributed by atoms with E-state index in [9.17, 15) is 4.79 Å². The van der Waals surface area contributed by atoms with Gasteiger partial charge in [-0.2, -0.15) is 0 Å². The summed E-state index contributed by atoms with van der Waals surface area (Å²) in [6, 6.07) is 8.39. The fourth-order valence-electron chi connectivity index (χ4n) is 2.47. The van der Waals surface area contributed by atoms with Crippen molar-refractivity contribution in [1.29, 1.82) is 0 Å². The molecule has 1 aromatic rings. The van der Waals surface area contributed by atoms with Gasteiger partial charge in [0.05, 0.1) is 6.04 Å². The first-order chi connectivity index (χ1) is 8.88. The predicted octanol–water partition coefficient (Wildman–Crippen LogP) is 2.55. The van der Waals surface area contributed by atoms with Gasteiger partial charge in [-0.1, -0.05) is 45.0 Å². The van der Waals surface area contributed by atoms with Crippen LogP contribution in [0.1, 0.15) is 50.8 Å². The highest BCUT2D eigenvalue weighted by Crippen LogP contribution is 2.31. The molecule has 3 N–H and O–H groups in total. The summed E-state index contributed by atoms with van der Waals surface area (Å²) >= 11 is 0. The summed E-state index contributed by atoms with van der Waals surface area (Å²) in [5.41, 5.74) is 8.64. The van der Waals surface area contributed by atoms with Crippen LogP contribution in [-0.2, 0) is 11.2 Å². The fraction of sp³-hybridized carbons (Fsp3) is 0.562. The number of amides is 1. The Morgan fingerprint density at radius 2 is 2.11 bits per heavy atom. The van der Waals surface area contributed by atoms with E-state index in [1.165, 1.54) is 11.1 Å². The van der Waals surface area contributed by atoms with Gasteiger partial charge in [0.25, 0.3) is 0 Å². The third-order valence-corrected chi connectivity index (χ3v) is 3.99. The first-order valence-corrected chi connectivity index (χ1v) is 7.00. The van der Waals surface area contributed by atoms with Crippen molar-refractivity contribution < 1.29 is 4.79 Å². The lowest BCUT2D eigenvalue weighted by molar-refractivity contribution is -0.122. The molecule has 1 aliphatic rings. The molecular weight excluding hydrogens is 236 g/mol. The molecule has 2 atom stereocenters. The van der Waals surface area contributed by atoms with E-state index < -0.39 is 0 Å². The van der Waals surface area contributed by atoms with Gasteiger partial charge in [-0.3, -0.25) is 4.79 Å². The molecule has 3 nitrogen and oxygen atoms in total. The van der Waals surface area contributed by atoms with Crippen molar-refractivity contribution in [3.63, 3.8) is 0 Å². The van der Waals surface area contributed by atoms with Gasteiger partial charge in [0, 0.05) is 12.5 Å². The van der Waals surface area contributed by atoms with E-state index in [0.717, 1.165) is 12.8 Å². The van der Waals surface area contributed by atoms with Crippen molar-refractivity contribution in [2.45, 2.75) is 52.1 Å². The highest BCUT2D eigenvalue weighted by Gasteiger charge is 2.27. The molecule has 2 rings (SSSR count). The summed E-state index contributed by atoms with van der Waals surface area (Å²) in [5.74, 6) is 0.0594. The number of nitrogens with two attached hydrogens (primary N) is 1. The average molecular weight is 260 g/mol. The molecule has 0 bridgehead atoms. The second-order valence-electron chi connectivity index (χ2n) is 6.53. The number of benzene rings is 1. The molecule has 0 aromatic heterocycles. The van der Waals surface area contributed by atoms with E-state index in [-0.39, 0.29) is 23.4 Å². The van der Waals surface area contributed by atoms with Gasteiger partial charge in [0.2, 0.25) is 5.91 Å². The Hall–Kier alpha value is -1.35. The molecule has 0 heterocycles. The third-order valence-electron chi connectivity index (χ3n) is 3.99. The highest BCUT2D eigenvalue weighted by molar-refractivity contribution is 5.77. The molecule has 0 spiro atoms. The van der Waals surface area contributed by atoms with Gasteiger partial charge >= 0.3 is 0 Å². The van der Waals surface area contributed by atoms with E-state index in [1.807, 2.05) is 6.07 Å². The Bertz CT molecular complexity index is 462. The predicted molar refractivity (Wildman–Crippen MR) is 77.7 cm³/mol. The van der Waals surface area contributed by atoms with Crippen LogP contribution in [0.25, 0.3) is 0 Å². The molecule has 0 saturated heterocycles. The van der Waals surface area contributed by atoms with Crippen molar-refractivity contribution >= 4 is 5.91 Å². The first kappa shape index (κ1) is 14.1. The number of hydrogen-bond acceptors (Lipinski definition) is 2. The number of carbonyl (C=O) groups excluding carboxylic acids is 1. The van der Waals surface area contributed by atoms with Crippen molar-refractivity contribution in [3.8, 4) is 0 Å². The van der Waals surface area contributed by atoms with Crippen LogP contribution in [0.15, 0.2) is 24.3 Å². The fourth-order valence-corrected chi connectivity index (χ4v) is 2.47. The normalized spacial score (nSPS) is 19.9. The number of rotatable bonds is 3. The summed E-state index contributed by atoms with van der Waals surface area (Å²) in [4.78, 5) is 12.1. The maximum atomic E-state index is 12.1. The highest BCUT2D eigenvalue weighted by atomic mass is 16.1. The van der Waals surface area contributed by atoms with Gasteiger partial charge in [-0.15, -0.1) is 0 Å². The van der Waals surface area contributed by atoms with Crippen LogP contribution in [0.5, 0.6) is 0 Å². The third kappa shape index (κ3) is 3.35. The number of hydrogen-bond donors (Lipinski definition) is 2. The maximum absolute atomic E-state index is 12.1. The zero-order chi connectivity index (χ0) is 14.0. The van der Waals surface area contributed by atoms with E-state index in [1.54, 1.807) is 0 Å². The molecule has 0 aliphatic heterocycles. The van der Waals surface area contributed by atoms with Gasteiger partial charge in [-0.05, 0) is 29.4 Å². The summed E-state index contributed by atoms with van der Waals surface area (Å²) in [5, 5.41) is 3.12. The molecule has 0 fully saturated rings. The molecule has 3 heteroatoms. The molecular formula is C16H24N2O. The monoisotopic (exact) mass is 260 g/mol. The second-order valence-corrected chi connectivity index (χ2v) is 6.53. The van der Waals surface area contributed by atoms with Crippen LogP contribution in [0.2, 0.25) is 0 Å². The Balaban J connectivity index is 1.95. The molecule has 1 aromatic carbocycles. The number of nitrogens with one attached hydrogen (secondary N) is 1. The SMILES string of the molecule is CC(C)(C)C(N)CC(=O)NC1CCc2ccccc21. The summed E-state index contributed by atoms with van der Waals surface area (Å²) in [7, 11) is 0. The molecule has 0 radical (unpaired) electrons. The topological polar surface area (TPSA) is 55.1 Å². The zero-order valence-electron chi connectivity index (χ0n) is 12.1. The summed E-state index contributed by atoms with van der Waals surface area (Å²) in [6.07, 6.45) is 2.43. The van der Waals surface area contributed by atoms with Crippen molar-refractivity contribution in [3.05, 3.63) is 35.4 Å². The Labute approximate surface area is 115 Å². The van der Waals surface area contributed by atoms with Crippen LogP contribution < -0.4 is 11.1 Å².